The van der Waals surface area contributed by atoms with Gasteiger partial charge in [-0.25, -0.2) is 0 Å². The van der Waals surface area contributed by atoms with Gasteiger partial charge in [0.1, 0.15) is 5.76 Å². The van der Waals surface area contributed by atoms with Gasteiger partial charge < -0.3 is 4.42 Å². The third-order valence-electron chi connectivity index (χ3n) is 2.61. The molecule has 0 bridgehead atoms. The molecule has 1 atom stereocenters. The zero-order chi connectivity index (χ0) is 11.7. The lowest BCUT2D eigenvalue weighted by atomic mass is 10.0. The Morgan fingerprint density at radius 3 is 2.56 bits per heavy atom. The minimum Gasteiger partial charge on any atom is -0.468 e. The van der Waals surface area contributed by atoms with E-state index in [4.69, 9.17) is 4.42 Å². The molecule has 0 radical (unpaired) electrons. The second kappa shape index (κ2) is 4.76. The highest BCUT2D eigenvalue weighted by Gasteiger charge is 2.16. The van der Waals surface area contributed by atoms with E-state index in [0.717, 1.165) is 10.2 Å². The molecule has 1 heterocycles. The number of furan rings is 1. The number of rotatable bonds is 2. The molecule has 0 aliphatic carbocycles. The average molecular weight is 344 g/mol. The van der Waals surface area contributed by atoms with E-state index < -0.39 is 0 Å². The minimum atomic E-state index is 0.120. The molecule has 0 spiro atoms. The Morgan fingerprint density at radius 1 is 1.19 bits per heavy atom. The highest BCUT2D eigenvalue weighted by atomic mass is 79.9. The van der Waals surface area contributed by atoms with Crippen LogP contribution in [0.15, 0.2) is 39.4 Å². The van der Waals surface area contributed by atoms with Crippen molar-refractivity contribution < 1.29 is 4.42 Å². The highest BCUT2D eigenvalue weighted by molar-refractivity contribution is 9.10. The third kappa shape index (κ3) is 2.25. The van der Waals surface area contributed by atoms with E-state index in [9.17, 15) is 0 Å². The molecule has 3 heteroatoms. The van der Waals surface area contributed by atoms with Gasteiger partial charge >= 0.3 is 0 Å². The molecular weight excluding hydrogens is 332 g/mol. The molecule has 2 rings (SSSR count). The quantitative estimate of drug-likeness (QED) is 0.688. The van der Waals surface area contributed by atoms with Gasteiger partial charge in [0.05, 0.1) is 11.1 Å². The second-order valence-corrected chi connectivity index (χ2v) is 5.61. The smallest absolute Gasteiger partial charge is 0.121 e. The lowest BCUT2D eigenvalue weighted by Gasteiger charge is -2.13. The van der Waals surface area contributed by atoms with E-state index in [0.29, 0.717) is 0 Å². The van der Waals surface area contributed by atoms with E-state index >= 15 is 0 Å². The minimum absolute atomic E-state index is 0.120. The first-order valence-corrected chi connectivity index (χ1v) is 6.74. The Morgan fingerprint density at radius 2 is 1.94 bits per heavy atom. The van der Waals surface area contributed by atoms with Crippen LogP contribution in [-0.2, 0) is 0 Å². The monoisotopic (exact) mass is 342 g/mol. The molecule has 1 unspecified atom stereocenters. The molecule has 0 aliphatic rings. The van der Waals surface area contributed by atoms with Gasteiger partial charge in [0.25, 0.3) is 0 Å². The summed E-state index contributed by atoms with van der Waals surface area (Å²) < 4.78 is 6.56. The zero-order valence-electron chi connectivity index (χ0n) is 9.13. The van der Waals surface area contributed by atoms with Gasteiger partial charge in [-0.05, 0) is 48.7 Å². The van der Waals surface area contributed by atoms with Gasteiger partial charge in [-0.2, -0.15) is 0 Å². The largest absolute Gasteiger partial charge is 0.468 e. The molecule has 1 nitrogen and oxygen atoms in total. The van der Waals surface area contributed by atoms with E-state index in [2.05, 4.69) is 57.8 Å². The van der Waals surface area contributed by atoms with Gasteiger partial charge in [0.15, 0.2) is 0 Å². The topological polar surface area (TPSA) is 13.1 Å². The van der Waals surface area contributed by atoms with Crippen molar-refractivity contribution in [3.8, 4) is 0 Å². The summed E-state index contributed by atoms with van der Waals surface area (Å²) in [7, 11) is 0. The molecule has 0 aliphatic heterocycles. The number of halogens is 2. The van der Waals surface area contributed by atoms with Gasteiger partial charge in [-0.1, -0.05) is 37.9 Å². The van der Waals surface area contributed by atoms with E-state index in [1.807, 2.05) is 12.1 Å². The molecule has 0 N–H and O–H groups in total. The summed E-state index contributed by atoms with van der Waals surface area (Å²) in [6.45, 7) is 4.20. The standard InChI is InChI=1S/C13H12Br2O/c1-8-7-11(14)9(2)6-10(8)13(15)12-4-3-5-16-12/h3-7,13H,1-2H3. The fourth-order valence-corrected chi connectivity index (χ4v) is 2.88. The Bertz CT molecular complexity index is 489. The van der Waals surface area contributed by atoms with Crippen molar-refractivity contribution in [2.45, 2.75) is 18.7 Å². The first kappa shape index (κ1) is 11.9. The Hall–Kier alpha value is -0.540. The fourth-order valence-electron chi connectivity index (χ4n) is 1.67. The molecule has 84 valence electrons. The van der Waals surface area contributed by atoms with Crippen LogP contribution in [0.5, 0.6) is 0 Å². The SMILES string of the molecule is Cc1cc(C(Br)c2ccco2)c(C)cc1Br. The molecule has 0 saturated carbocycles. The van der Waals surface area contributed by atoms with Crippen molar-refractivity contribution in [1.29, 1.82) is 0 Å². The van der Waals surface area contributed by atoms with Gasteiger partial charge in [0, 0.05) is 4.47 Å². The third-order valence-corrected chi connectivity index (χ3v) is 4.41. The molecule has 0 fully saturated rings. The Balaban J connectivity index is 2.44. The van der Waals surface area contributed by atoms with Crippen LogP contribution >= 0.6 is 31.9 Å². The number of hydrogen-bond acceptors (Lipinski definition) is 1. The predicted molar refractivity (Wildman–Crippen MR) is 73.1 cm³/mol. The van der Waals surface area contributed by atoms with Crippen molar-refractivity contribution in [1.82, 2.24) is 0 Å². The van der Waals surface area contributed by atoms with Crippen molar-refractivity contribution in [3.63, 3.8) is 0 Å². The number of benzene rings is 1. The number of aryl methyl sites for hydroxylation is 2. The Kier molecular flexibility index (Phi) is 3.55. The van der Waals surface area contributed by atoms with E-state index in [1.165, 1.54) is 16.7 Å². The van der Waals surface area contributed by atoms with Gasteiger partial charge in [-0.3, -0.25) is 0 Å². The maximum atomic E-state index is 5.42. The van der Waals surface area contributed by atoms with Crippen molar-refractivity contribution in [2.75, 3.05) is 0 Å². The van der Waals surface area contributed by atoms with Crippen molar-refractivity contribution in [2.24, 2.45) is 0 Å². The van der Waals surface area contributed by atoms with Crippen LogP contribution in [0.3, 0.4) is 0 Å². The summed E-state index contributed by atoms with van der Waals surface area (Å²) in [5.41, 5.74) is 3.73. The lowest BCUT2D eigenvalue weighted by molar-refractivity contribution is 0.519. The molecular formula is C13H12Br2O. The number of hydrogen-bond donors (Lipinski definition) is 0. The summed E-state index contributed by atoms with van der Waals surface area (Å²) in [5.74, 6) is 0.935. The first-order valence-electron chi connectivity index (χ1n) is 5.03. The summed E-state index contributed by atoms with van der Waals surface area (Å²) >= 11 is 7.21. The molecule has 0 amide bonds. The van der Waals surface area contributed by atoms with Gasteiger partial charge in [-0.15, -0.1) is 0 Å². The highest BCUT2D eigenvalue weighted by Crippen LogP contribution is 2.35. The maximum Gasteiger partial charge on any atom is 0.121 e. The lowest BCUT2D eigenvalue weighted by Crippen LogP contribution is -1.96. The van der Waals surface area contributed by atoms with Crippen molar-refractivity contribution in [3.05, 3.63) is 57.5 Å². The van der Waals surface area contributed by atoms with Crippen LogP contribution < -0.4 is 0 Å². The van der Waals surface area contributed by atoms with Crippen LogP contribution in [0.25, 0.3) is 0 Å². The zero-order valence-corrected chi connectivity index (χ0v) is 12.3. The van der Waals surface area contributed by atoms with Crippen LogP contribution in [0, 0.1) is 13.8 Å². The van der Waals surface area contributed by atoms with Crippen LogP contribution in [0.2, 0.25) is 0 Å². The molecule has 1 aromatic heterocycles. The second-order valence-electron chi connectivity index (χ2n) is 3.84. The van der Waals surface area contributed by atoms with E-state index in [-0.39, 0.29) is 4.83 Å². The molecule has 2 aromatic rings. The van der Waals surface area contributed by atoms with Crippen LogP contribution in [0.1, 0.15) is 27.3 Å². The summed E-state index contributed by atoms with van der Waals surface area (Å²) in [5, 5.41) is 0. The van der Waals surface area contributed by atoms with Crippen molar-refractivity contribution >= 4 is 31.9 Å². The summed E-state index contributed by atoms with van der Waals surface area (Å²) in [6.07, 6.45) is 1.70. The molecule has 0 saturated heterocycles. The Labute approximate surface area is 112 Å². The van der Waals surface area contributed by atoms with Crippen LogP contribution in [0.4, 0.5) is 0 Å². The predicted octanol–water partition coefficient (Wildman–Crippen LogP) is 5.14. The van der Waals surface area contributed by atoms with Gasteiger partial charge in [0.2, 0.25) is 0 Å². The normalized spacial score (nSPS) is 12.8. The first-order chi connectivity index (χ1) is 7.59. The molecule has 16 heavy (non-hydrogen) atoms. The molecule has 1 aromatic carbocycles. The fraction of sp³-hybridized carbons (Fsp3) is 0.231. The summed E-state index contributed by atoms with van der Waals surface area (Å²) in [6, 6.07) is 8.21. The van der Waals surface area contributed by atoms with E-state index in [1.54, 1.807) is 6.26 Å². The number of alkyl halides is 1. The summed E-state index contributed by atoms with van der Waals surface area (Å²) in [4.78, 5) is 0.120. The average Bonchev–Trinajstić information content (AvgIpc) is 2.75. The maximum absolute atomic E-state index is 5.42. The van der Waals surface area contributed by atoms with Crippen LogP contribution in [-0.4, -0.2) is 0 Å².